The van der Waals surface area contributed by atoms with Crippen molar-refractivity contribution in [2.24, 2.45) is 0 Å². The van der Waals surface area contributed by atoms with Gasteiger partial charge in [0.15, 0.2) is 0 Å². The SMILES string of the molecule is CCc1ccc(N(C=O)CCCCCC(=O)O)cc1. The topological polar surface area (TPSA) is 57.6 Å². The maximum atomic E-state index is 11.1. The van der Waals surface area contributed by atoms with E-state index in [0.717, 1.165) is 31.4 Å². The van der Waals surface area contributed by atoms with Crippen LogP contribution < -0.4 is 4.90 Å². The van der Waals surface area contributed by atoms with Gasteiger partial charge in [0, 0.05) is 18.7 Å². The number of anilines is 1. The van der Waals surface area contributed by atoms with Crippen LogP contribution >= 0.6 is 0 Å². The predicted octanol–water partition coefficient (Wildman–Crippen LogP) is 2.86. The van der Waals surface area contributed by atoms with Gasteiger partial charge in [-0.15, -0.1) is 0 Å². The average Bonchev–Trinajstić information content (AvgIpc) is 2.43. The molecule has 0 saturated carbocycles. The predicted molar refractivity (Wildman–Crippen MR) is 75.3 cm³/mol. The first-order valence-corrected chi connectivity index (χ1v) is 6.70. The molecule has 0 aliphatic carbocycles. The Morgan fingerprint density at radius 2 is 1.89 bits per heavy atom. The van der Waals surface area contributed by atoms with E-state index in [4.69, 9.17) is 5.11 Å². The molecule has 0 saturated heterocycles. The number of carboxylic acids is 1. The van der Waals surface area contributed by atoms with Gasteiger partial charge in [-0.25, -0.2) is 0 Å². The summed E-state index contributed by atoms with van der Waals surface area (Å²) in [6.45, 7) is 2.73. The molecule has 0 bridgehead atoms. The van der Waals surface area contributed by atoms with Crippen LogP contribution in [0.25, 0.3) is 0 Å². The van der Waals surface area contributed by atoms with Crippen molar-refractivity contribution < 1.29 is 14.7 Å². The van der Waals surface area contributed by atoms with Gasteiger partial charge in [-0.2, -0.15) is 0 Å². The van der Waals surface area contributed by atoms with E-state index in [-0.39, 0.29) is 6.42 Å². The smallest absolute Gasteiger partial charge is 0.303 e. The Bertz CT molecular complexity index is 400. The van der Waals surface area contributed by atoms with Crippen molar-refractivity contribution in [3.8, 4) is 0 Å². The molecule has 1 amide bonds. The minimum absolute atomic E-state index is 0.201. The fraction of sp³-hybridized carbons (Fsp3) is 0.467. The summed E-state index contributed by atoms with van der Waals surface area (Å²) in [6.07, 6.45) is 4.32. The molecule has 0 fully saturated rings. The van der Waals surface area contributed by atoms with Gasteiger partial charge < -0.3 is 10.0 Å². The number of benzene rings is 1. The number of hydrogen-bond acceptors (Lipinski definition) is 2. The van der Waals surface area contributed by atoms with E-state index in [2.05, 4.69) is 6.92 Å². The fourth-order valence-electron chi connectivity index (χ4n) is 1.90. The van der Waals surface area contributed by atoms with Gasteiger partial charge >= 0.3 is 5.97 Å². The summed E-state index contributed by atoms with van der Waals surface area (Å²) in [5.41, 5.74) is 2.14. The molecule has 4 heteroatoms. The van der Waals surface area contributed by atoms with Gasteiger partial charge in [0.1, 0.15) is 0 Å². The highest BCUT2D eigenvalue weighted by Crippen LogP contribution is 2.15. The lowest BCUT2D eigenvalue weighted by Gasteiger charge is -2.17. The first-order valence-electron chi connectivity index (χ1n) is 6.70. The van der Waals surface area contributed by atoms with Gasteiger partial charge in [-0.05, 0) is 37.0 Å². The van der Waals surface area contributed by atoms with Crippen LogP contribution in [0.3, 0.4) is 0 Å². The number of amides is 1. The van der Waals surface area contributed by atoms with Crippen LogP contribution in [0.1, 0.15) is 38.2 Å². The van der Waals surface area contributed by atoms with Crippen LogP contribution in [0, 0.1) is 0 Å². The molecule has 1 rings (SSSR count). The van der Waals surface area contributed by atoms with Crippen molar-refractivity contribution in [1.82, 2.24) is 0 Å². The van der Waals surface area contributed by atoms with Gasteiger partial charge in [0.05, 0.1) is 0 Å². The number of unbranched alkanes of at least 4 members (excludes halogenated alkanes) is 2. The summed E-state index contributed by atoms with van der Waals surface area (Å²) in [5, 5.41) is 8.53. The minimum atomic E-state index is -0.762. The van der Waals surface area contributed by atoms with Crippen molar-refractivity contribution >= 4 is 18.1 Å². The Morgan fingerprint density at radius 3 is 2.42 bits per heavy atom. The second kappa shape index (κ2) is 8.29. The van der Waals surface area contributed by atoms with Crippen molar-refractivity contribution in [3.05, 3.63) is 29.8 Å². The first kappa shape index (κ1) is 15.2. The Labute approximate surface area is 114 Å². The van der Waals surface area contributed by atoms with Crippen LogP contribution in [0.5, 0.6) is 0 Å². The Morgan fingerprint density at radius 1 is 1.21 bits per heavy atom. The lowest BCUT2D eigenvalue weighted by molar-refractivity contribution is -0.137. The highest BCUT2D eigenvalue weighted by Gasteiger charge is 2.05. The zero-order chi connectivity index (χ0) is 14.1. The van der Waals surface area contributed by atoms with Crippen LogP contribution in [0.15, 0.2) is 24.3 Å². The molecule has 0 aliphatic heterocycles. The number of rotatable bonds is 9. The van der Waals surface area contributed by atoms with E-state index in [0.29, 0.717) is 13.0 Å². The summed E-state index contributed by atoms with van der Waals surface area (Å²) in [6, 6.07) is 7.95. The number of carbonyl (C=O) groups is 2. The van der Waals surface area contributed by atoms with E-state index in [1.165, 1.54) is 5.56 Å². The molecule has 0 atom stereocenters. The monoisotopic (exact) mass is 263 g/mol. The third-order valence-electron chi connectivity index (χ3n) is 3.09. The number of carbonyl (C=O) groups excluding carboxylic acids is 1. The summed E-state index contributed by atoms with van der Waals surface area (Å²) < 4.78 is 0. The van der Waals surface area contributed by atoms with Crippen LogP contribution in [-0.2, 0) is 16.0 Å². The number of aliphatic carboxylic acids is 1. The fourth-order valence-corrected chi connectivity index (χ4v) is 1.90. The maximum absolute atomic E-state index is 11.1. The summed E-state index contributed by atoms with van der Waals surface area (Å²) in [4.78, 5) is 23.1. The Balaban J connectivity index is 2.39. The maximum Gasteiger partial charge on any atom is 0.303 e. The number of carboxylic acid groups (broad SMARTS) is 1. The molecule has 0 spiro atoms. The molecule has 4 nitrogen and oxygen atoms in total. The quantitative estimate of drug-likeness (QED) is 0.550. The zero-order valence-electron chi connectivity index (χ0n) is 11.3. The molecule has 0 radical (unpaired) electrons. The number of aryl methyl sites for hydroxylation is 1. The molecular formula is C15H21NO3. The van der Waals surface area contributed by atoms with Crippen LogP contribution in [0.4, 0.5) is 5.69 Å². The van der Waals surface area contributed by atoms with Gasteiger partial charge in [-0.1, -0.05) is 25.5 Å². The Kier molecular flexibility index (Phi) is 6.64. The van der Waals surface area contributed by atoms with E-state index in [1.807, 2.05) is 24.3 Å². The normalized spacial score (nSPS) is 10.2. The van der Waals surface area contributed by atoms with Crippen molar-refractivity contribution in [3.63, 3.8) is 0 Å². The molecule has 1 aromatic carbocycles. The van der Waals surface area contributed by atoms with E-state index in [1.54, 1.807) is 4.90 Å². The highest BCUT2D eigenvalue weighted by atomic mass is 16.4. The third-order valence-corrected chi connectivity index (χ3v) is 3.09. The van der Waals surface area contributed by atoms with Crippen molar-refractivity contribution in [2.75, 3.05) is 11.4 Å². The zero-order valence-corrected chi connectivity index (χ0v) is 11.3. The van der Waals surface area contributed by atoms with Crippen molar-refractivity contribution in [2.45, 2.75) is 39.0 Å². The average molecular weight is 263 g/mol. The first-order chi connectivity index (χ1) is 9.17. The molecule has 104 valence electrons. The summed E-state index contributed by atoms with van der Waals surface area (Å²) in [7, 11) is 0. The Hall–Kier alpha value is -1.84. The molecule has 0 aliphatic rings. The number of nitrogens with zero attached hydrogens (tertiary/aromatic N) is 1. The molecule has 0 heterocycles. The summed E-state index contributed by atoms with van der Waals surface area (Å²) in [5.74, 6) is -0.762. The second-order valence-corrected chi connectivity index (χ2v) is 4.52. The minimum Gasteiger partial charge on any atom is -0.481 e. The second-order valence-electron chi connectivity index (χ2n) is 4.52. The van der Waals surface area contributed by atoms with E-state index < -0.39 is 5.97 Å². The molecule has 0 aromatic heterocycles. The van der Waals surface area contributed by atoms with E-state index >= 15 is 0 Å². The molecule has 0 unspecified atom stereocenters. The highest BCUT2D eigenvalue weighted by molar-refractivity contribution is 5.74. The third kappa shape index (κ3) is 5.55. The largest absolute Gasteiger partial charge is 0.481 e. The van der Waals surface area contributed by atoms with Crippen LogP contribution in [0.2, 0.25) is 0 Å². The van der Waals surface area contributed by atoms with E-state index in [9.17, 15) is 9.59 Å². The molecule has 1 N–H and O–H groups in total. The molecule has 1 aromatic rings. The van der Waals surface area contributed by atoms with Gasteiger partial charge in [-0.3, -0.25) is 9.59 Å². The molecule has 19 heavy (non-hydrogen) atoms. The summed E-state index contributed by atoms with van der Waals surface area (Å²) >= 11 is 0. The lowest BCUT2D eigenvalue weighted by atomic mass is 10.1. The van der Waals surface area contributed by atoms with Crippen LogP contribution in [-0.4, -0.2) is 24.0 Å². The number of hydrogen-bond donors (Lipinski definition) is 1. The molecular weight excluding hydrogens is 242 g/mol. The standard InChI is InChI=1S/C15H21NO3/c1-2-13-7-9-14(10-8-13)16(12-17)11-5-3-4-6-15(18)19/h7-10,12H,2-6,11H2,1H3,(H,18,19). The van der Waals surface area contributed by atoms with Crippen molar-refractivity contribution in [1.29, 1.82) is 0 Å². The van der Waals surface area contributed by atoms with Gasteiger partial charge in [0.2, 0.25) is 6.41 Å². The van der Waals surface area contributed by atoms with Gasteiger partial charge in [0.25, 0.3) is 0 Å². The lowest BCUT2D eigenvalue weighted by Crippen LogP contribution is -2.22.